The molecule has 0 fully saturated rings. The predicted octanol–water partition coefficient (Wildman–Crippen LogP) is 2.84. The standard InChI is InChI=1S/C19H16FN5O/c20-16-4-2-1-3-13(16)8-10-22-19(26)15-5-6-17-23-24-18(25(17)12-15)14-7-9-21-11-14/h1-7,9,11-12,21H,8,10H2,(H,22,26). The number of fused-ring (bicyclic) bond motifs is 1. The largest absolute Gasteiger partial charge is 0.367 e. The summed E-state index contributed by atoms with van der Waals surface area (Å²) >= 11 is 0. The Labute approximate surface area is 148 Å². The number of amides is 1. The summed E-state index contributed by atoms with van der Waals surface area (Å²) in [6, 6.07) is 11.9. The minimum absolute atomic E-state index is 0.225. The zero-order valence-corrected chi connectivity index (χ0v) is 13.8. The Balaban J connectivity index is 1.50. The fourth-order valence-corrected chi connectivity index (χ4v) is 2.80. The Bertz CT molecular complexity index is 1050. The van der Waals surface area contributed by atoms with Crippen molar-refractivity contribution < 1.29 is 9.18 Å². The van der Waals surface area contributed by atoms with Crippen LogP contribution in [0.1, 0.15) is 15.9 Å². The summed E-state index contributed by atoms with van der Waals surface area (Å²) in [6.45, 7) is 0.352. The molecule has 26 heavy (non-hydrogen) atoms. The van der Waals surface area contributed by atoms with E-state index < -0.39 is 0 Å². The van der Waals surface area contributed by atoms with Crippen molar-refractivity contribution in [2.24, 2.45) is 0 Å². The Morgan fingerprint density at radius 1 is 1.15 bits per heavy atom. The molecule has 0 radical (unpaired) electrons. The van der Waals surface area contributed by atoms with Gasteiger partial charge in [0.2, 0.25) is 0 Å². The van der Waals surface area contributed by atoms with Crippen molar-refractivity contribution in [2.45, 2.75) is 6.42 Å². The average molecular weight is 349 g/mol. The Morgan fingerprint density at radius 2 is 2.04 bits per heavy atom. The van der Waals surface area contributed by atoms with Gasteiger partial charge in [-0.25, -0.2) is 4.39 Å². The molecular weight excluding hydrogens is 333 g/mol. The van der Waals surface area contributed by atoms with Gasteiger partial charge in [-0.2, -0.15) is 0 Å². The lowest BCUT2D eigenvalue weighted by atomic mass is 10.1. The van der Waals surface area contributed by atoms with Gasteiger partial charge in [-0.15, -0.1) is 10.2 Å². The second kappa shape index (κ2) is 6.79. The number of hydrogen-bond acceptors (Lipinski definition) is 3. The summed E-state index contributed by atoms with van der Waals surface area (Å²) in [5.74, 6) is 0.169. The Morgan fingerprint density at radius 3 is 2.85 bits per heavy atom. The number of pyridine rings is 1. The molecule has 0 atom stereocenters. The number of aromatic amines is 1. The summed E-state index contributed by atoms with van der Waals surface area (Å²) in [5.41, 5.74) is 2.61. The van der Waals surface area contributed by atoms with E-state index in [9.17, 15) is 9.18 Å². The molecule has 0 spiro atoms. The number of aromatic nitrogens is 4. The first kappa shape index (κ1) is 16.0. The predicted molar refractivity (Wildman–Crippen MR) is 95.2 cm³/mol. The lowest BCUT2D eigenvalue weighted by Crippen LogP contribution is -2.26. The Kier molecular flexibility index (Phi) is 4.18. The van der Waals surface area contributed by atoms with Crippen LogP contribution in [0.25, 0.3) is 17.0 Å². The van der Waals surface area contributed by atoms with Gasteiger partial charge in [-0.05, 0) is 36.2 Å². The first-order valence-electron chi connectivity index (χ1n) is 8.22. The number of carbonyl (C=O) groups is 1. The van der Waals surface area contributed by atoms with E-state index in [4.69, 9.17) is 0 Å². The third kappa shape index (κ3) is 3.06. The number of hydrogen-bond donors (Lipinski definition) is 2. The van der Waals surface area contributed by atoms with Gasteiger partial charge in [0.1, 0.15) is 5.82 Å². The average Bonchev–Trinajstić information content (AvgIpc) is 3.31. The van der Waals surface area contributed by atoms with E-state index in [1.807, 2.05) is 12.3 Å². The molecule has 0 aliphatic rings. The highest BCUT2D eigenvalue weighted by molar-refractivity contribution is 5.94. The molecular formula is C19H16FN5O. The maximum Gasteiger partial charge on any atom is 0.252 e. The fraction of sp³-hybridized carbons (Fsp3) is 0.105. The molecule has 0 unspecified atom stereocenters. The van der Waals surface area contributed by atoms with Crippen LogP contribution in [0.4, 0.5) is 4.39 Å². The monoisotopic (exact) mass is 349 g/mol. The van der Waals surface area contributed by atoms with E-state index in [1.54, 1.807) is 47.1 Å². The van der Waals surface area contributed by atoms with E-state index >= 15 is 0 Å². The molecule has 4 aromatic rings. The van der Waals surface area contributed by atoms with Crippen molar-refractivity contribution in [3.63, 3.8) is 0 Å². The number of rotatable bonds is 5. The van der Waals surface area contributed by atoms with Crippen molar-refractivity contribution in [3.05, 3.63) is 78.0 Å². The van der Waals surface area contributed by atoms with Crippen LogP contribution in [0.2, 0.25) is 0 Å². The molecule has 0 saturated carbocycles. The van der Waals surface area contributed by atoms with Crippen molar-refractivity contribution in [1.29, 1.82) is 0 Å². The molecule has 1 aromatic carbocycles. The van der Waals surface area contributed by atoms with E-state index in [0.29, 0.717) is 35.6 Å². The summed E-state index contributed by atoms with van der Waals surface area (Å²) in [5, 5.41) is 11.1. The van der Waals surface area contributed by atoms with Crippen LogP contribution >= 0.6 is 0 Å². The van der Waals surface area contributed by atoms with Crippen LogP contribution in [-0.4, -0.2) is 32.0 Å². The molecule has 3 heterocycles. The summed E-state index contributed by atoms with van der Waals surface area (Å²) < 4.78 is 15.4. The first-order valence-corrected chi connectivity index (χ1v) is 8.22. The smallest absolute Gasteiger partial charge is 0.252 e. The molecule has 2 N–H and O–H groups in total. The number of H-pyrrole nitrogens is 1. The molecule has 6 nitrogen and oxygen atoms in total. The highest BCUT2D eigenvalue weighted by Gasteiger charge is 2.12. The minimum atomic E-state index is -0.260. The van der Waals surface area contributed by atoms with Crippen molar-refractivity contribution >= 4 is 11.6 Å². The first-order chi connectivity index (χ1) is 12.7. The van der Waals surface area contributed by atoms with Gasteiger partial charge in [-0.1, -0.05) is 18.2 Å². The van der Waals surface area contributed by atoms with Crippen molar-refractivity contribution in [1.82, 2.24) is 24.9 Å². The zero-order valence-electron chi connectivity index (χ0n) is 13.8. The van der Waals surface area contributed by atoms with Gasteiger partial charge < -0.3 is 10.3 Å². The van der Waals surface area contributed by atoms with E-state index in [-0.39, 0.29) is 11.7 Å². The number of benzene rings is 1. The summed E-state index contributed by atoms with van der Waals surface area (Å²) in [7, 11) is 0. The van der Waals surface area contributed by atoms with E-state index in [0.717, 1.165) is 5.56 Å². The lowest BCUT2D eigenvalue weighted by molar-refractivity contribution is 0.0953. The maximum absolute atomic E-state index is 13.6. The lowest BCUT2D eigenvalue weighted by Gasteiger charge is -2.07. The van der Waals surface area contributed by atoms with Crippen LogP contribution in [0.5, 0.6) is 0 Å². The molecule has 0 aliphatic heterocycles. The summed E-state index contributed by atoms with van der Waals surface area (Å²) in [4.78, 5) is 15.4. The second-order valence-electron chi connectivity index (χ2n) is 5.87. The van der Waals surface area contributed by atoms with Crippen molar-refractivity contribution in [2.75, 3.05) is 6.54 Å². The summed E-state index contributed by atoms with van der Waals surface area (Å²) in [6.07, 6.45) is 5.76. The minimum Gasteiger partial charge on any atom is -0.367 e. The van der Waals surface area contributed by atoms with Crippen LogP contribution in [0, 0.1) is 5.82 Å². The molecule has 7 heteroatoms. The number of nitrogens with zero attached hydrogens (tertiary/aromatic N) is 3. The van der Waals surface area contributed by atoms with Gasteiger partial charge in [0.05, 0.1) is 5.56 Å². The van der Waals surface area contributed by atoms with Gasteiger partial charge in [-0.3, -0.25) is 9.20 Å². The van der Waals surface area contributed by atoms with E-state index in [2.05, 4.69) is 20.5 Å². The SMILES string of the molecule is O=C(NCCc1ccccc1F)c1ccc2nnc(-c3cc[nH]c3)n2c1. The molecule has 0 aliphatic carbocycles. The molecule has 4 rings (SSSR count). The molecule has 3 aromatic heterocycles. The molecule has 130 valence electrons. The van der Waals surface area contributed by atoms with E-state index in [1.165, 1.54) is 6.07 Å². The van der Waals surface area contributed by atoms with Crippen LogP contribution < -0.4 is 5.32 Å². The molecule has 1 amide bonds. The second-order valence-corrected chi connectivity index (χ2v) is 5.87. The molecule has 0 bridgehead atoms. The van der Waals surface area contributed by atoms with Gasteiger partial charge in [0, 0.05) is 30.7 Å². The number of halogens is 1. The highest BCUT2D eigenvalue weighted by Crippen LogP contribution is 2.18. The molecule has 0 saturated heterocycles. The van der Waals surface area contributed by atoms with Crippen LogP contribution in [-0.2, 0) is 6.42 Å². The number of carbonyl (C=O) groups excluding carboxylic acids is 1. The van der Waals surface area contributed by atoms with Crippen molar-refractivity contribution in [3.8, 4) is 11.4 Å². The quantitative estimate of drug-likeness (QED) is 0.582. The maximum atomic E-state index is 13.6. The zero-order chi connectivity index (χ0) is 17.9. The Hall–Kier alpha value is -3.48. The van der Waals surface area contributed by atoms with Gasteiger partial charge in [0.25, 0.3) is 5.91 Å². The highest BCUT2D eigenvalue weighted by atomic mass is 19.1. The third-order valence-electron chi connectivity index (χ3n) is 4.16. The fourth-order valence-electron chi connectivity index (χ4n) is 2.80. The third-order valence-corrected chi connectivity index (χ3v) is 4.16. The van der Waals surface area contributed by atoms with Crippen LogP contribution in [0.3, 0.4) is 0 Å². The van der Waals surface area contributed by atoms with Crippen LogP contribution in [0.15, 0.2) is 61.1 Å². The topological polar surface area (TPSA) is 75.1 Å². The number of nitrogens with one attached hydrogen (secondary N) is 2. The normalized spacial score (nSPS) is 11.0. The van der Waals surface area contributed by atoms with Gasteiger partial charge >= 0.3 is 0 Å². The van der Waals surface area contributed by atoms with Gasteiger partial charge in [0.15, 0.2) is 11.5 Å².